The Kier molecular flexibility index (Phi) is 10.6. The molecular formula is C31H40O5. The predicted octanol–water partition coefficient (Wildman–Crippen LogP) is 7.64. The molecule has 36 heavy (non-hydrogen) atoms. The molecule has 0 unspecified atom stereocenters. The van der Waals surface area contributed by atoms with Gasteiger partial charge in [-0.1, -0.05) is 44.9 Å². The van der Waals surface area contributed by atoms with Gasteiger partial charge in [0.15, 0.2) is 0 Å². The van der Waals surface area contributed by atoms with E-state index in [4.69, 9.17) is 14.2 Å². The average Bonchev–Trinajstić information content (AvgIpc) is 2.88. The van der Waals surface area contributed by atoms with Gasteiger partial charge in [-0.15, -0.1) is 0 Å². The summed E-state index contributed by atoms with van der Waals surface area (Å²) in [6.45, 7) is 9.38. The van der Waals surface area contributed by atoms with E-state index in [9.17, 15) is 9.59 Å². The Morgan fingerprint density at radius 3 is 2.19 bits per heavy atom. The molecule has 194 valence electrons. The van der Waals surface area contributed by atoms with Crippen LogP contribution in [0.25, 0.3) is 0 Å². The molecule has 0 amide bonds. The van der Waals surface area contributed by atoms with Gasteiger partial charge in [-0.25, -0.2) is 9.59 Å². The fourth-order valence-corrected chi connectivity index (χ4v) is 4.96. The number of ether oxygens (including phenoxy) is 3. The molecular weight excluding hydrogens is 452 g/mol. The maximum absolute atomic E-state index is 12.6. The summed E-state index contributed by atoms with van der Waals surface area (Å²) in [6.07, 6.45) is 10.4. The highest BCUT2D eigenvalue weighted by Crippen LogP contribution is 2.38. The number of carbonyl (C=O) groups excluding carboxylic acids is 2. The second kappa shape index (κ2) is 13.9. The molecule has 5 heteroatoms. The molecule has 3 rings (SSSR count). The lowest BCUT2D eigenvalue weighted by Crippen LogP contribution is -2.22. The van der Waals surface area contributed by atoms with Gasteiger partial charge in [-0.2, -0.15) is 0 Å². The zero-order chi connectivity index (χ0) is 25.9. The van der Waals surface area contributed by atoms with Crippen molar-refractivity contribution in [2.45, 2.75) is 90.3 Å². The molecule has 0 heterocycles. The zero-order valence-electron chi connectivity index (χ0n) is 21.9. The number of rotatable bonds is 12. The van der Waals surface area contributed by atoms with E-state index >= 15 is 0 Å². The number of benzene rings is 2. The summed E-state index contributed by atoms with van der Waals surface area (Å²) in [4.78, 5) is 23.9. The van der Waals surface area contributed by atoms with Gasteiger partial charge in [0.05, 0.1) is 11.7 Å². The van der Waals surface area contributed by atoms with E-state index in [0.717, 1.165) is 12.0 Å². The lowest BCUT2D eigenvalue weighted by Gasteiger charge is -2.28. The number of esters is 2. The van der Waals surface area contributed by atoms with E-state index in [2.05, 4.69) is 25.6 Å². The Morgan fingerprint density at radius 2 is 1.58 bits per heavy atom. The molecule has 0 saturated heterocycles. The molecule has 1 saturated carbocycles. The third-order valence-corrected chi connectivity index (χ3v) is 6.95. The average molecular weight is 493 g/mol. The van der Waals surface area contributed by atoms with Gasteiger partial charge < -0.3 is 14.2 Å². The van der Waals surface area contributed by atoms with Gasteiger partial charge in [0.2, 0.25) is 0 Å². The lowest BCUT2D eigenvalue weighted by atomic mass is 9.77. The van der Waals surface area contributed by atoms with Gasteiger partial charge in [-0.3, -0.25) is 0 Å². The Hall–Kier alpha value is -3.08. The van der Waals surface area contributed by atoms with Crippen molar-refractivity contribution in [3.63, 3.8) is 0 Å². The number of hydrogen-bond donors (Lipinski definition) is 0. The summed E-state index contributed by atoms with van der Waals surface area (Å²) in [5.74, 6) is 1.85. The van der Waals surface area contributed by atoms with Gasteiger partial charge in [0.1, 0.15) is 17.6 Å². The van der Waals surface area contributed by atoms with Crippen LogP contribution in [0.4, 0.5) is 0 Å². The van der Waals surface area contributed by atoms with Crippen molar-refractivity contribution < 1.29 is 23.8 Å². The first-order chi connectivity index (χ1) is 17.4. The molecule has 0 bridgehead atoms. The van der Waals surface area contributed by atoms with Crippen molar-refractivity contribution in [1.29, 1.82) is 0 Å². The third-order valence-electron chi connectivity index (χ3n) is 6.95. The van der Waals surface area contributed by atoms with Gasteiger partial charge in [0.25, 0.3) is 0 Å². The summed E-state index contributed by atoms with van der Waals surface area (Å²) in [7, 11) is 0. The number of hydrogen-bond acceptors (Lipinski definition) is 5. The highest BCUT2D eigenvalue weighted by Gasteiger charge is 2.22. The Balaban J connectivity index is 1.46. The van der Waals surface area contributed by atoms with Crippen LogP contribution in [0, 0.1) is 5.92 Å². The van der Waals surface area contributed by atoms with Crippen LogP contribution in [0.15, 0.2) is 61.2 Å². The lowest BCUT2D eigenvalue weighted by molar-refractivity contribution is -0.143. The second-order valence-corrected chi connectivity index (χ2v) is 9.96. The maximum atomic E-state index is 12.6. The smallest absolute Gasteiger partial charge is 0.343 e. The van der Waals surface area contributed by atoms with Crippen LogP contribution in [-0.2, 0) is 9.53 Å². The van der Waals surface area contributed by atoms with Crippen molar-refractivity contribution in [3.8, 4) is 11.5 Å². The van der Waals surface area contributed by atoms with Gasteiger partial charge in [-0.05, 0) is 93.3 Å². The van der Waals surface area contributed by atoms with Gasteiger partial charge in [0, 0.05) is 12.5 Å². The minimum Gasteiger partial charge on any atom is -0.491 e. The SMILES string of the molecule is C=CC(=O)O[C@@H](C)C[C@@H](C)Oc1ccc(C(=O)Oc2ccc(C3CCC(CCCC)CC3)cc2)cc1. The predicted molar refractivity (Wildman–Crippen MR) is 143 cm³/mol. The van der Waals surface area contributed by atoms with E-state index in [-0.39, 0.29) is 12.2 Å². The number of carbonyl (C=O) groups is 2. The van der Waals surface area contributed by atoms with Crippen molar-refractivity contribution in [2.24, 2.45) is 5.92 Å². The Morgan fingerprint density at radius 1 is 0.944 bits per heavy atom. The van der Waals surface area contributed by atoms with E-state index in [1.807, 2.05) is 26.0 Å². The summed E-state index contributed by atoms with van der Waals surface area (Å²) in [5, 5.41) is 0. The zero-order valence-corrected chi connectivity index (χ0v) is 21.9. The summed E-state index contributed by atoms with van der Waals surface area (Å²) >= 11 is 0. The van der Waals surface area contributed by atoms with Crippen molar-refractivity contribution in [2.75, 3.05) is 0 Å². The molecule has 0 radical (unpaired) electrons. The number of unbranched alkanes of at least 4 members (excludes halogenated alkanes) is 1. The minimum atomic E-state index is -0.447. The standard InChI is InChI=1S/C31H40O5/c1-5-7-8-24-9-11-25(12-10-24)26-13-17-29(18-14-26)36-31(33)27-15-19-28(20-16-27)34-22(3)21-23(4)35-30(32)6-2/h6,13-20,22-25H,2,5,7-12,21H2,1,3-4H3/t22-,23+,24?,25?/m1/s1. The first kappa shape index (κ1) is 27.5. The minimum absolute atomic E-state index is 0.166. The Labute approximate surface area is 215 Å². The maximum Gasteiger partial charge on any atom is 0.343 e. The Bertz CT molecular complexity index is 971. The first-order valence-corrected chi connectivity index (χ1v) is 13.3. The quantitative estimate of drug-likeness (QED) is 0.173. The molecule has 0 aliphatic heterocycles. The molecule has 5 nitrogen and oxygen atoms in total. The monoisotopic (exact) mass is 492 g/mol. The van der Waals surface area contributed by atoms with Crippen molar-refractivity contribution >= 4 is 11.9 Å². The highest BCUT2D eigenvalue weighted by atomic mass is 16.5. The second-order valence-electron chi connectivity index (χ2n) is 9.96. The molecule has 2 aromatic carbocycles. The van der Waals surface area contributed by atoms with Gasteiger partial charge >= 0.3 is 11.9 Å². The first-order valence-electron chi connectivity index (χ1n) is 13.3. The largest absolute Gasteiger partial charge is 0.491 e. The van der Waals surface area contributed by atoms with E-state index in [0.29, 0.717) is 29.4 Å². The van der Waals surface area contributed by atoms with Crippen LogP contribution < -0.4 is 9.47 Å². The molecule has 2 aromatic rings. The summed E-state index contributed by atoms with van der Waals surface area (Å²) < 4.78 is 16.6. The van der Waals surface area contributed by atoms with Crippen LogP contribution >= 0.6 is 0 Å². The molecule has 0 spiro atoms. The van der Waals surface area contributed by atoms with E-state index < -0.39 is 11.9 Å². The van der Waals surface area contributed by atoms with Crippen LogP contribution in [-0.4, -0.2) is 24.1 Å². The third kappa shape index (κ3) is 8.54. The van der Waals surface area contributed by atoms with Crippen molar-refractivity contribution in [3.05, 3.63) is 72.3 Å². The summed E-state index contributed by atoms with van der Waals surface area (Å²) in [5.41, 5.74) is 1.80. The molecule has 0 N–H and O–H groups in total. The topological polar surface area (TPSA) is 61.8 Å². The molecule has 0 aromatic heterocycles. The van der Waals surface area contributed by atoms with Crippen LogP contribution in [0.1, 0.15) is 94.0 Å². The molecule has 2 atom stereocenters. The fourth-order valence-electron chi connectivity index (χ4n) is 4.96. The van der Waals surface area contributed by atoms with Crippen LogP contribution in [0.2, 0.25) is 0 Å². The van der Waals surface area contributed by atoms with E-state index in [1.165, 1.54) is 50.5 Å². The molecule has 1 fully saturated rings. The highest BCUT2D eigenvalue weighted by molar-refractivity contribution is 5.91. The normalized spacial score (nSPS) is 19.1. The molecule has 1 aliphatic carbocycles. The summed E-state index contributed by atoms with van der Waals surface area (Å²) in [6, 6.07) is 14.9. The van der Waals surface area contributed by atoms with Crippen LogP contribution in [0.3, 0.4) is 0 Å². The molecule has 1 aliphatic rings. The van der Waals surface area contributed by atoms with Crippen LogP contribution in [0.5, 0.6) is 11.5 Å². The van der Waals surface area contributed by atoms with E-state index in [1.54, 1.807) is 24.3 Å². The fraction of sp³-hybridized carbons (Fsp3) is 0.484. The van der Waals surface area contributed by atoms with Crippen molar-refractivity contribution in [1.82, 2.24) is 0 Å².